The van der Waals surface area contributed by atoms with Crippen LogP contribution in [0.25, 0.3) is 0 Å². The van der Waals surface area contributed by atoms with Crippen LogP contribution in [0.5, 0.6) is 0 Å². The van der Waals surface area contributed by atoms with Gasteiger partial charge in [-0.3, -0.25) is 18.6 Å². The second-order valence-electron chi connectivity index (χ2n) is 15.0. The zero-order valence-electron chi connectivity index (χ0n) is 32.7. The van der Waals surface area contributed by atoms with Crippen LogP contribution in [0.4, 0.5) is 0 Å². The molecule has 0 saturated heterocycles. The Bertz CT molecular complexity index is 819. The normalized spacial score (nSPS) is 13.7. The number of hydrogen-bond acceptors (Lipinski definition) is 7. The van der Waals surface area contributed by atoms with Crippen molar-refractivity contribution in [3.63, 3.8) is 0 Å². The van der Waals surface area contributed by atoms with Crippen LogP contribution in [0.3, 0.4) is 0 Å². The third-order valence-electron chi connectivity index (χ3n) is 8.89. The summed E-state index contributed by atoms with van der Waals surface area (Å²) in [7, 11) is 1.49. The van der Waals surface area contributed by atoms with E-state index < -0.39 is 26.5 Å². The van der Waals surface area contributed by atoms with Gasteiger partial charge >= 0.3 is 19.8 Å². The van der Waals surface area contributed by atoms with E-state index in [1.54, 1.807) is 0 Å². The van der Waals surface area contributed by atoms with E-state index in [2.05, 4.69) is 13.8 Å². The molecule has 0 amide bonds. The summed E-state index contributed by atoms with van der Waals surface area (Å²) in [5, 5.41) is 0. The van der Waals surface area contributed by atoms with Crippen LogP contribution >= 0.6 is 7.82 Å². The first-order chi connectivity index (χ1) is 23.5. The number of unbranched alkanes of at least 4 members (excludes halogenated alkanes) is 23. The van der Waals surface area contributed by atoms with Gasteiger partial charge in [0.2, 0.25) is 0 Å². The smallest absolute Gasteiger partial charge is 0.462 e. The molecule has 0 aromatic rings. The minimum Gasteiger partial charge on any atom is -0.462 e. The fourth-order valence-electron chi connectivity index (χ4n) is 5.66. The van der Waals surface area contributed by atoms with Gasteiger partial charge in [0, 0.05) is 12.8 Å². The van der Waals surface area contributed by atoms with Gasteiger partial charge < -0.3 is 18.9 Å². The lowest BCUT2D eigenvalue weighted by atomic mass is 10.0. The number of likely N-dealkylation sites (N-methyl/N-ethyl adjacent to an activating group) is 1. The molecule has 1 N–H and O–H groups in total. The molecule has 0 aromatic heterocycles. The molecule has 0 rings (SSSR count). The highest BCUT2D eigenvalue weighted by Gasteiger charge is 2.27. The van der Waals surface area contributed by atoms with Crippen LogP contribution in [0.15, 0.2) is 0 Å². The standard InChI is InChI=1S/C39H78NO8P/c1-6-8-10-12-14-16-18-20-22-23-25-27-29-31-38(41)45-35-37(36-47-49(43,44)46-34-33-40(3,4)5)48-39(42)32-30-28-26-24-21-19-17-15-13-11-9-7-2/h37H,6-36H2,1-5H3/p+1. The van der Waals surface area contributed by atoms with Gasteiger partial charge in [-0.1, -0.05) is 162 Å². The van der Waals surface area contributed by atoms with E-state index in [0.29, 0.717) is 17.4 Å². The number of esters is 2. The maximum Gasteiger partial charge on any atom is 0.472 e. The second kappa shape index (κ2) is 32.9. The van der Waals surface area contributed by atoms with E-state index in [9.17, 15) is 19.0 Å². The molecule has 0 fully saturated rings. The molecule has 0 aromatic carbocycles. The molecule has 0 saturated carbocycles. The highest BCUT2D eigenvalue weighted by Crippen LogP contribution is 2.43. The molecule has 0 bridgehead atoms. The zero-order valence-corrected chi connectivity index (χ0v) is 33.6. The van der Waals surface area contributed by atoms with Gasteiger partial charge in [-0.25, -0.2) is 4.57 Å². The monoisotopic (exact) mass is 721 g/mol. The lowest BCUT2D eigenvalue weighted by molar-refractivity contribution is -0.870. The van der Waals surface area contributed by atoms with Crippen LogP contribution in [0, 0.1) is 0 Å². The van der Waals surface area contributed by atoms with E-state index >= 15 is 0 Å². The van der Waals surface area contributed by atoms with E-state index in [1.165, 1.54) is 122 Å². The predicted molar refractivity (Wildman–Crippen MR) is 201 cm³/mol. The predicted octanol–water partition coefficient (Wildman–Crippen LogP) is 10.9. The summed E-state index contributed by atoms with van der Waals surface area (Å²) in [6.45, 7) is 4.43. The summed E-state index contributed by atoms with van der Waals surface area (Å²) in [5.74, 6) is -0.789. The second-order valence-corrected chi connectivity index (χ2v) is 16.5. The minimum atomic E-state index is -4.36. The number of hydrogen-bond donors (Lipinski definition) is 1. The first-order valence-corrected chi connectivity index (χ1v) is 21.8. The van der Waals surface area contributed by atoms with Gasteiger partial charge in [0.15, 0.2) is 6.10 Å². The summed E-state index contributed by atoms with van der Waals surface area (Å²) in [5.41, 5.74) is 0. The Balaban J connectivity index is 4.38. The Morgan fingerprint density at radius 1 is 0.551 bits per heavy atom. The van der Waals surface area contributed by atoms with Gasteiger partial charge in [-0.05, 0) is 12.8 Å². The Hall–Kier alpha value is -0.990. The van der Waals surface area contributed by atoms with E-state index in [0.717, 1.165) is 38.5 Å². The lowest BCUT2D eigenvalue weighted by Crippen LogP contribution is -2.37. The fraction of sp³-hybridized carbons (Fsp3) is 0.949. The molecule has 49 heavy (non-hydrogen) atoms. The van der Waals surface area contributed by atoms with Crippen LogP contribution in [0.1, 0.15) is 187 Å². The lowest BCUT2D eigenvalue weighted by Gasteiger charge is -2.24. The van der Waals surface area contributed by atoms with Crippen molar-refractivity contribution in [2.24, 2.45) is 0 Å². The molecule has 10 heteroatoms. The van der Waals surface area contributed by atoms with Crippen LogP contribution in [-0.4, -0.2) is 74.9 Å². The molecule has 292 valence electrons. The molecule has 0 aliphatic rings. The number of carbonyl (C=O) groups is 2. The van der Waals surface area contributed by atoms with Crippen LogP contribution < -0.4 is 0 Å². The largest absolute Gasteiger partial charge is 0.472 e. The highest BCUT2D eigenvalue weighted by atomic mass is 31.2. The van der Waals surface area contributed by atoms with Crippen LogP contribution in [0.2, 0.25) is 0 Å². The van der Waals surface area contributed by atoms with Gasteiger partial charge in [0.1, 0.15) is 19.8 Å². The van der Waals surface area contributed by atoms with Crippen molar-refractivity contribution in [3.05, 3.63) is 0 Å². The topological polar surface area (TPSA) is 108 Å². The molecular weight excluding hydrogens is 641 g/mol. The van der Waals surface area contributed by atoms with Gasteiger partial charge in [0.25, 0.3) is 0 Å². The Morgan fingerprint density at radius 2 is 0.918 bits per heavy atom. The van der Waals surface area contributed by atoms with Gasteiger partial charge in [-0.15, -0.1) is 0 Å². The summed E-state index contributed by atoms with van der Waals surface area (Å²) in [6.07, 6.45) is 30.0. The number of phosphoric ester groups is 1. The average molecular weight is 721 g/mol. The first-order valence-electron chi connectivity index (χ1n) is 20.3. The maximum absolute atomic E-state index is 12.6. The number of carbonyl (C=O) groups excluding carboxylic acids is 2. The molecule has 0 aliphatic heterocycles. The number of ether oxygens (including phenoxy) is 2. The molecule has 0 spiro atoms. The third-order valence-corrected chi connectivity index (χ3v) is 9.87. The quantitative estimate of drug-likeness (QED) is 0.0292. The third kappa shape index (κ3) is 36.6. The van der Waals surface area contributed by atoms with Gasteiger partial charge in [-0.2, -0.15) is 0 Å². The molecular formula is C39H79NO8P+. The molecule has 0 radical (unpaired) electrons. The van der Waals surface area contributed by atoms with Crippen LogP contribution in [-0.2, 0) is 32.7 Å². The van der Waals surface area contributed by atoms with Crippen molar-refractivity contribution < 1.29 is 42.1 Å². The highest BCUT2D eigenvalue weighted by molar-refractivity contribution is 7.47. The molecule has 0 aliphatic carbocycles. The fourth-order valence-corrected chi connectivity index (χ4v) is 6.40. The van der Waals surface area contributed by atoms with E-state index in [-0.39, 0.29) is 25.6 Å². The van der Waals surface area contributed by atoms with Crippen molar-refractivity contribution >= 4 is 19.8 Å². The summed E-state index contributed by atoms with van der Waals surface area (Å²) >= 11 is 0. The zero-order chi connectivity index (χ0) is 36.5. The van der Waals surface area contributed by atoms with E-state index in [4.69, 9.17) is 18.5 Å². The maximum atomic E-state index is 12.6. The van der Waals surface area contributed by atoms with Crippen molar-refractivity contribution in [1.82, 2.24) is 0 Å². The minimum absolute atomic E-state index is 0.0365. The van der Waals surface area contributed by atoms with Gasteiger partial charge in [0.05, 0.1) is 27.7 Å². The summed E-state index contributed by atoms with van der Waals surface area (Å²) in [4.78, 5) is 35.2. The summed E-state index contributed by atoms with van der Waals surface area (Å²) < 4.78 is 34.2. The molecule has 2 unspecified atom stereocenters. The number of quaternary nitrogens is 1. The van der Waals surface area contributed by atoms with Crippen molar-refractivity contribution in [3.8, 4) is 0 Å². The first kappa shape index (κ1) is 48.0. The number of rotatable bonds is 37. The summed E-state index contributed by atoms with van der Waals surface area (Å²) in [6, 6.07) is 0. The number of nitrogens with zero attached hydrogens (tertiary/aromatic N) is 1. The van der Waals surface area contributed by atoms with Crippen molar-refractivity contribution in [2.75, 3.05) is 47.5 Å². The average Bonchev–Trinajstić information content (AvgIpc) is 3.04. The number of phosphoric acid groups is 1. The Kier molecular flexibility index (Phi) is 32.2. The SMILES string of the molecule is CCCCCCCCCCCCCCCC(=O)OCC(COP(=O)(O)OCC[N+](C)(C)C)OC(=O)CCCCCCCCCCCCCC. The molecule has 0 heterocycles. The van der Waals surface area contributed by atoms with Crippen molar-refractivity contribution in [2.45, 2.75) is 193 Å². The Morgan fingerprint density at radius 3 is 1.31 bits per heavy atom. The molecule has 2 atom stereocenters. The Labute approximate surface area is 302 Å². The molecule has 9 nitrogen and oxygen atoms in total. The van der Waals surface area contributed by atoms with Crippen molar-refractivity contribution in [1.29, 1.82) is 0 Å². The van der Waals surface area contributed by atoms with E-state index in [1.807, 2.05) is 21.1 Å².